The number of furan rings is 2. The van der Waals surface area contributed by atoms with Crippen LogP contribution in [0.2, 0.25) is 0 Å². The van der Waals surface area contributed by atoms with Gasteiger partial charge in [0.05, 0.1) is 0 Å². The standard InChI is InChI=1S/C37H22N4O2/c1-2-10-23(11-3-1)37-38-20-21-41(37)34-32(28-16-8-14-26-24-12-4-6-18-30(24)42-35(26)28)39-22-40-33(34)29-17-9-15-27-25-13-5-7-19-31(25)43-36(27)29/h1-22H. The fraction of sp³-hybridized carbons (Fsp3) is 0. The third-order valence-electron chi connectivity index (χ3n) is 8.05. The first-order valence-electron chi connectivity index (χ1n) is 14.1. The maximum absolute atomic E-state index is 6.48. The van der Waals surface area contributed by atoms with E-state index in [9.17, 15) is 0 Å². The summed E-state index contributed by atoms with van der Waals surface area (Å²) in [6.07, 6.45) is 5.40. The highest BCUT2D eigenvalue weighted by atomic mass is 16.3. The van der Waals surface area contributed by atoms with Crippen LogP contribution in [0.3, 0.4) is 0 Å². The Hall–Kier alpha value is -6.01. The highest BCUT2D eigenvalue weighted by Crippen LogP contribution is 2.43. The first-order chi connectivity index (χ1) is 21.3. The average Bonchev–Trinajstić information content (AvgIpc) is 3.80. The van der Waals surface area contributed by atoms with Gasteiger partial charge in [-0.1, -0.05) is 91.0 Å². The van der Waals surface area contributed by atoms with Crippen molar-refractivity contribution in [3.63, 3.8) is 0 Å². The molecule has 0 bridgehead atoms. The second-order valence-corrected chi connectivity index (χ2v) is 10.5. The van der Waals surface area contributed by atoms with E-state index in [-0.39, 0.29) is 0 Å². The molecule has 6 nitrogen and oxygen atoms in total. The predicted octanol–water partition coefficient (Wildman–Crippen LogP) is 9.46. The molecular weight excluding hydrogens is 532 g/mol. The Morgan fingerprint density at radius 2 is 1.02 bits per heavy atom. The van der Waals surface area contributed by atoms with E-state index in [1.165, 1.54) is 0 Å². The zero-order valence-electron chi connectivity index (χ0n) is 22.8. The van der Waals surface area contributed by atoms with Crippen LogP contribution in [0.25, 0.3) is 83.5 Å². The highest BCUT2D eigenvalue weighted by molar-refractivity contribution is 6.12. The Labute approximate surface area is 245 Å². The number of para-hydroxylation sites is 4. The van der Waals surface area contributed by atoms with Crippen LogP contribution in [-0.2, 0) is 0 Å². The summed E-state index contributed by atoms with van der Waals surface area (Å²) in [6, 6.07) is 38.8. The largest absolute Gasteiger partial charge is 0.455 e. The number of nitrogens with zero attached hydrogens (tertiary/aromatic N) is 4. The lowest BCUT2D eigenvalue weighted by molar-refractivity contribution is 0.669. The van der Waals surface area contributed by atoms with Crippen molar-refractivity contribution in [1.29, 1.82) is 0 Å². The molecule has 0 amide bonds. The zero-order chi connectivity index (χ0) is 28.3. The lowest BCUT2D eigenvalue weighted by Gasteiger charge is -2.17. The third-order valence-corrected chi connectivity index (χ3v) is 8.05. The SMILES string of the molecule is c1ccc(-c2nccn2-c2c(-c3cccc4c3oc3ccccc34)ncnc2-c2cccc3c2oc2ccccc23)cc1. The number of fused-ring (bicyclic) bond motifs is 6. The van der Waals surface area contributed by atoms with Gasteiger partial charge in [-0.2, -0.15) is 0 Å². The molecule has 0 fully saturated rings. The van der Waals surface area contributed by atoms with Gasteiger partial charge in [-0.3, -0.25) is 4.57 Å². The number of rotatable bonds is 4. The van der Waals surface area contributed by atoms with Gasteiger partial charge in [-0.25, -0.2) is 15.0 Å². The molecule has 0 N–H and O–H groups in total. The van der Waals surface area contributed by atoms with Crippen LogP contribution in [0.4, 0.5) is 0 Å². The molecule has 5 aromatic carbocycles. The molecule has 4 heterocycles. The van der Waals surface area contributed by atoms with Crippen LogP contribution >= 0.6 is 0 Å². The van der Waals surface area contributed by atoms with Crippen LogP contribution in [-0.4, -0.2) is 19.5 Å². The van der Waals surface area contributed by atoms with Crippen LogP contribution in [0, 0.1) is 0 Å². The van der Waals surface area contributed by atoms with Crippen molar-refractivity contribution in [2.75, 3.05) is 0 Å². The smallest absolute Gasteiger partial charge is 0.144 e. The number of hydrogen-bond acceptors (Lipinski definition) is 5. The van der Waals surface area contributed by atoms with E-state index in [2.05, 4.69) is 65.2 Å². The van der Waals surface area contributed by atoms with Gasteiger partial charge < -0.3 is 8.83 Å². The van der Waals surface area contributed by atoms with Crippen molar-refractivity contribution in [1.82, 2.24) is 19.5 Å². The van der Waals surface area contributed by atoms with Crippen molar-refractivity contribution < 1.29 is 8.83 Å². The van der Waals surface area contributed by atoms with Gasteiger partial charge in [-0.15, -0.1) is 0 Å². The monoisotopic (exact) mass is 554 g/mol. The molecule has 0 aliphatic heterocycles. The predicted molar refractivity (Wildman–Crippen MR) is 170 cm³/mol. The molecule has 0 radical (unpaired) electrons. The summed E-state index contributed by atoms with van der Waals surface area (Å²) < 4.78 is 15.0. The third kappa shape index (κ3) is 3.57. The first kappa shape index (κ1) is 23.7. The minimum absolute atomic E-state index is 0.734. The fourth-order valence-corrected chi connectivity index (χ4v) is 6.15. The van der Waals surface area contributed by atoms with E-state index in [4.69, 9.17) is 23.8 Å². The van der Waals surface area contributed by atoms with E-state index >= 15 is 0 Å². The summed E-state index contributed by atoms with van der Waals surface area (Å²) in [7, 11) is 0. The second kappa shape index (κ2) is 9.26. The lowest BCUT2D eigenvalue weighted by atomic mass is 10.0. The minimum atomic E-state index is 0.734. The van der Waals surface area contributed by atoms with E-state index < -0.39 is 0 Å². The molecule has 0 atom stereocenters. The second-order valence-electron chi connectivity index (χ2n) is 10.5. The average molecular weight is 555 g/mol. The maximum atomic E-state index is 6.48. The Kier molecular flexibility index (Phi) is 5.10. The molecule has 0 aliphatic carbocycles. The molecule has 202 valence electrons. The normalized spacial score (nSPS) is 11.7. The van der Waals surface area contributed by atoms with Crippen LogP contribution in [0.5, 0.6) is 0 Å². The summed E-state index contributed by atoms with van der Waals surface area (Å²) in [6.45, 7) is 0. The quantitative estimate of drug-likeness (QED) is 0.217. The summed E-state index contributed by atoms with van der Waals surface area (Å²) in [5, 5.41) is 4.20. The van der Waals surface area contributed by atoms with Crippen molar-refractivity contribution in [3.05, 3.63) is 134 Å². The van der Waals surface area contributed by atoms with Gasteiger partial charge in [0.2, 0.25) is 0 Å². The molecule has 9 rings (SSSR count). The van der Waals surface area contributed by atoms with Gasteiger partial charge in [0, 0.05) is 50.6 Å². The van der Waals surface area contributed by atoms with Crippen molar-refractivity contribution in [2.24, 2.45) is 0 Å². The summed E-state index contributed by atoms with van der Waals surface area (Å²) in [4.78, 5) is 14.6. The topological polar surface area (TPSA) is 69.9 Å². The van der Waals surface area contributed by atoms with E-state index in [1.807, 2.05) is 67.0 Å². The van der Waals surface area contributed by atoms with Crippen LogP contribution < -0.4 is 0 Å². The summed E-state index contributed by atoms with van der Waals surface area (Å²) in [5.41, 5.74) is 8.21. The van der Waals surface area contributed by atoms with E-state index in [0.717, 1.165) is 83.5 Å². The number of imidazole rings is 1. The van der Waals surface area contributed by atoms with Crippen LogP contribution in [0.15, 0.2) is 143 Å². The summed E-state index contributed by atoms with van der Waals surface area (Å²) in [5.74, 6) is 0.784. The van der Waals surface area contributed by atoms with Crippen LogP contribution in [0.1, 0.15) is 0 Å². The van der Waals surface area contributed by atoms with E-state index in [0.29, 0.717) is 0 Å². The molecule has 0 saturated heterocycles. The Balaban J connectivity index is 1.40. The summed E-state index contributed by atoms with van der Waals surface area (Å²) >= 11 is 0. The van der Waals surface area contributed by atoms with Gasteiger partial charge in [0.1, 0.15) is 51.6 Å². The molecule has 0 saturated carbocycles. The molecule has 9 aromatic rings. The number of benzene rings is 5. The zero-order valence-corrected chi connectivity index (χ0v) is 22.8. The van der Waals surface area contributed by atoms with Gasteiger partial charge in [0.15, 0.2) is 0 Å². The number of aromatic nitrogens is 4. The molecule has 0 spiro atoms. The first-order valence-corrected chi connectivity index (χ1v) is 14.1. The Morgan fingerprint density at radius 3 is 1.63 bits per heavy atom. The fourth-order valence-electron chi connectivity index (χ4n) is 6.15. The number of hydrogen-bond donors (Lipinski definition) is 0. The molecule has 6 heteroatoms. The lowest BCUT2D eigenvalue weighted by Crippen LogP contribution is -2.05. The maximum Gasteiger partial charge on any atom is 0.144 e. The Bertz CT molecular complexity index is 2340. The molecule has 0 unspecified atom stereocenters. The Morgan fingerprint density at radius 1 is 0.488 bits per heavy atom. The van der Waals surface area contributed by atoms with Crippen molar-refractivity contribution >= 4 is 43.9 Å². The van der Waals surface area contributed by atoms with Gasteiger partial charge >= 0.3 is 0 Å². The molecule has 4 aromatic heterocycles. The van der Waals surface area contributed by atoms with Crippen molar-refractivity contribution in [2.45, 2.75) is 0 Å². The minimum Gasteiger partial charge on any atom is -0.455 e. The highest BCUT2D eigenvalue weighted by Gasteiger charge is 2.25. The van der Waals surface area contributed by atoms with Gasteiger partial charge in [0.25, 0.3) is 0 Å². The van der Waals surface area contributed by atoms with E-state index in [1.54, 1.807) is 6.33 Å². The molecule has 0 aliphatic rings. The molecule has 43 heavy (non-hydrogen) atoms. The van der Waals surface area contributed by atoms with Gasteiger partial charge in [-0.05, 0) is 24.3 Å². The molecular formula is C37H22N4O2. The van der Waals surface area contributed by atoms with Crippen molar-refractivity contribution in [3.8, 4) is 39.6 Å².